The van der Waals surface area contributed by atoms with Gasteiger partial charge in [-0.2, -0.15) is 0 Å². The number of rotatable bonds is 1. The van der Waals surface area contributed by atoms with E-state index < -0.39 is 5.56 Å². The Morgan fingerprint density at radius 1 is 1.36 bits per heavy atom. The highest BCUT2D eigenvalue weighted by Crippen LogP contribution is 2.24. The second-order valence-electron chi connectivity index (χ2n) is 1.84. The highest BCUT2D eigenvalue weighted by atomic mass is 35.5. The van der Waals surface area contributed by atoms with Crippen molar-refractivity contribution in [2.75, 3.05) is 0 Å². The number of aromatic nitrogens is 1. The normalized spacial score (nSPS) is 13.1. The lowest BCUT2D eigenvalue weighted by Gasteiger charge is -2.03. The van der Waals surface area contributed by atoms with E-state index in [1.807, 2.05) is 0 Å². The molecule has 11 heavy (non-hydrogen) atoms. The van der Waals surface area contributed by atoms with E-state index in [0.29, 0.717) is 5.02 Å². The fourth-order valence-electron chi connectivity index (χ4n) is 0.600. The van der Waals surface area contributed by atoms with Crippen LogP contribution in [0.3, 0.4) is 0 Å². The Labute approximate surface area is 78.7 Å². The molecule has 5 heteroatoms. The van der Waals surface area contributed by atoms with Crippen LogP contribution in [0, 0.1) is 0 Å². The van der Waals surface area contributed by atoms with Crippen molar-refractivity contribution in [1.29, 1.82) is 0 Å². The maximum Gasteiger partial charge on any atom is 0.171 e. The first kappa shape index (κ1) is 9.07. The molecule has 0 radical (unpaired) electrons. The summed E-state index contributed by atoms with van der Waals surface area (Å²) in [5.41, 5.74) is -1.03. The van der Waals surface area contributed by atoms with Gasteiger partial charge in [-0.05, 0) is 12.1 Å². The molecule has 0 spiro atoms. The molecule has 1 N–H and O–H groups in total. The number of hydrogen-bond acceptors (Lipinski definition) is 2. The van der Waals surface area contributed by atoms with Gasteiger partial charge in [0.25, 0.3) is 0 Å². The zero-order valence-electron chi connectivity index (χ0n) is 5.26. The van der Waals surface area contributed by atoms with Crippen molar-refractivity contribution in [2.45, 2.75) is 5.56 Å². The van der Waals surface area contributed by atoms with E-state index in [0.717, 1.165) is 0 Å². The summed E-state index contributed by atoms with van der Waals surface area (Å²) in [4.78, 5) is 3.72. The molecule has 1 aromatic rings. The number of hydrogen-bond donors (Lipinski definition) is 1. The molecule has 0 saturated carbocycles. The monoisotopic (exact) mass is 211 g/mol. The summed E-state index contributed by atoms with van der Waals surface area (Å²) in [6, 6.07) is 3.05. The summed E-state index contributed by atoms with van der Waals surface area (Å²) in [7, 11) is 0. The van der Waals surface area contributed by atoms with Crippen LogP contribution in [-0.2, 0) is 0 Å². The lowest BCUT2D eigenvalue weighted by atomic mass is 10.4. The third-order valence-electron chi connectivity index (χ3n) is 1.06. The van der Waals surface area contributed by atoms with Gasteiger partial charge in [-0.25, -0.2) is 4.98 Å². The molecule has 0 aliphatic rings. The van der Waals surface area contributed by atoms with E-state index in [1.54, 1.807) is 0 Å². The summed E-state index contributed by atoms with van der Waals surface area (Å²) >= 11 is 16.5. The van der Waals surface area contributed by atoms with Crippen molar-refractivity contribution in [3.8, 4) is 0 Å². The van der Waals surface area contributed by atoms with Crippen LogP contribution in [0.5, 0.6) is 0 Å². The second kappa shape index (κ2) is 3.59. The Balaban J connectivity index is 3.13. The van der Waals surface area contributed by atoms with E-state index in [-0.39, 0.29) is 10.8 Å². The molecule has 1 aromatic heterocycles. The van der Waals surface area contributed by atoms with Gasteiger partial charge in [-0.3, -0.25) is 0 Å². The lowest BCUT2D eigenvalue weighted by Crippen LogP contribution is -1.93. The van der Waals surface area contributed by atoms with Crippen molar-refractivity contribution in [2.24, 2.45) is 0 Å². The number of aliphatic hydroxyl groups excluding tert-OH is 1. The van der Waals surface area contributed by atoms with Gasteiger partial charge in [-0.15, -0.1) is 0 Å². The molecule has 0 aromatic carbocycles. The Hall–Kier alpha value is -0.0200. The highest BCUT2D eigenvalue weighted by molar-refractivity contribution is 6.33. The predicted octanol–water partition coefficient (Wildman–Crippen LogP) is 2.62. The van der Waals surface area contributed by atoms with Gasteiger partial charge in [0, 0.05) is 0 Å². The molecule has 1 unspecified atom stereocenters. The second-order valence-corrected chi connectivity index (χ2v) is 3.04. The number of aliphatic hydroxyl groups is 1. The van der Waals surface area contributed by atoms with Crippen LogP contribution in [0.2, 0.25) is 10.2 Å². The molecular formula is C6H4Cl3NO. The summed E-state index contributed by atoms with van der Waals surface area (Å²) < 4.78 is 0. The van der Waals surface area contributed by atoms with Crippen LogP contribution in [0.15, 0.2) is 12.1 Å². The number of pyridine rings is 1. The quantitative estimate of drug-likeness (QED) is 0.573. The fourth-order valence-corrected chi connectivity index (χ4v) is 1.18. The van der Waals surface area contributed by atoms with Crippen molar-refractivity contribution in [3.63, 3.8) is 0 Å². The molecular weight excluding hydrogens is 208 g/mol. The molecule has 60 valence electrons. The molecule has 0 fully saturated rings. The third kappa shape index (κ3) is 2.20. The van der Waals surface area contributed by atoms with Gasteiger partial charge in [-0.1, -0.05) is 34.8 Å². The zero-order chi connectivity index (χ0) is 8.43. The highest BCUT2D eigenvalue weighted by Gasteiger charge is 2.09. The first-order valence-corrected chi connectivity index (χ1v) is 3.94. The van der Waals surface area contributed by atoms with E-state index in [4.69, 9.17) is 39.9 Å². The Bertz CT molecular complexity index is 264. The van der Waals surface area contributed by atoms with Crippen LogP contribution in [-0.4, -0.2) is 10.1 Å². The first-order chi connectivity index (χ1) is 5.11. The first-order valence-electron chi connectivity index (χ1n) is 2.75. The van der Waals surface area contributed by atoms with Crippen LogP contribution in [0.25, 0.3) is 0 Å². The van der Waals surface area contributed by atoms with Gasteiger partial charge >= 0.3 is 0 Å². The number of alkyl halides is 1. The molecule has 1 atom stereocenters. The zero-order valence-corrected chi connectivity index (χ0v) is 7.53. The molecule has 0 aliphatic carbocycles. The minimum absolute atomic E-state index is 0.181. The lowest BCUT2D eigenvalue weighted by molar-refractivity contribution is 0.258. The molecule has 1 rings (SSSR count). The molecule has 0 amide bonds. The number of nitrogens with zero attached hydrogens (tertiary/aromatic N) is 1. The summed E-state index contributed by atoms with van der Waals surface area (Å²) in [6.07, 6.45) is 0. The predicted molar refractivity (Wildman–Crippen MR) is 45.1 cm³/mol. The van der Waals surface area contributed by atoms with Gasteiger partial charge < -0.3 is 5.11 Å². The summed E-state index contributed by atoms with van der Waals surface area (Å²) in [5.74, 6) is 0. The van der Waals surface area contributed by atoms with E-state index in [2.05, 4.69) is 4.98 Å². The van der Waals surface area contributed by atoms with E-state index >= 15 is 0 Å². The smallest absolute Gasteiger partial charge is 0.171 e. The average Bonchev–Trinajstić information content (AvgIpc) is 1.94. The maximum atomic E-state index is 8.89. The van der Waals surface area contributed by atoms with Crippen LogP contribution >= 0.6 is 34.8 Å². The van der Waals surface area contributed by atoms with E-state index in [9.17, 15) is 0 Å². The average molecular weight is 212 g/mol. The Kier molecular flexibility index (Phi) is 2.96. The minimum atomic E-state index is -1.21. The van der Waals surface area contributed by atoms with Crippen molar-refractivity contribution < 1.29 is 5.11 Å². The Morgan fingerprint density at radius 3 is 2.45 bits per heavy atom. The van der Waals surface area contributed by atoms with Crippen molar-refractivity contribution in [3.05, 3.63) is 28.0 Å². The fraction of sp³-hybridized carbons (Fsp3) is 0.167. The van der Waals surface area contributed by atoms with Gasteiger partial charge in [0.15, 0.2) is 5.56 Å². The van der Waals surface area contributed by atoms with Crippen molar-refractivity contribution >= 4 is 34.8 Å². The third-order valence-corrected chi connectivity index (χ3v) is 1.80. The summed E-state index contributed by atoms with van der Waals surface area (Å²) in [6.45, 7) is 0. The molecule has 0 bridgehead atoms. The van der Waals surface area contributed by atoms with Gasteiger partial charge in [0.1, 0.15) is 10.8 Å². The number of halogens is 3. The van der Waals surface area contributed by atoms with Crippen LogP contribution in [0.4, 0.5) is 0 Å². The SMILES string of the molecule is OC(Cl)c1nc(Cl)ccc1Cl. The van der Waals surface area contributed by atoms with E-state index in [1.165, 1.54) is 12.1 Å². The summed E-state index contributed by atoms with van der Waals surface area (Å²) in [5, 5.41) is 9.45. The molecule has 0 saturated heterocycles. The Morgan fingerprint density at radius 2 is 2.00 bits per heavy atom. The largest absolute Gasteiger partial charge is 0.372 e. The molecule has 1 heterocycles. The maximum absolute atomic E-state index is 8.89. The molecule has 0 aliphatic heterocycles. The molecule has 2 nitrogen and oxygen atoms in total. The minimum Gasteiger partial charge on any atom is -0.372 e. The standard InChI is InChI=1S/C6H4Cl3NO/c7-3-1-2-4(8)10-5(3)6(9)11/h1-2,6,11H. The van der Waals surface area contributed by atoms with Crippen molar-refractivity contribution in [1.82, 2.24) is 4.98 Å². The topological polar surface area (TPSA) is 33.1 Å². The van der Waals surface area contributed by atoms with Gasteiger partial charge in [0.05, 0.1) is 5.02 Å². The van der Waals surface area contributed by atoms with Crippen LogP contribution < -0.4 is 0 Å². The van der Waals surface area contributed by atoms with Gasteiger partial charge in [0.2, 0.25) is 0 Å². The van der Waals surface area contributed by atoms with Crippen LogP contribution in [0.1, 0.15) is 11.3 Å².